The number of sulfonamides is 1. The normalized spacial score (nSPS) is 15.5. The average molecular weight is 413 g/mol. The summed E-state index contributed by atoms with van der Waals surface area (Å²) < 4.78 is 45.8. The van der Waals surface area contributed by atoms with Crippen LogP contribution < -0.4 is 5.32 Å². The highest BCUT2D eigenvalue weighted by Crippen LogP contribution is 2.24. The number of nitrogens with one attached hydrogen (secondary N) is 1. The van der Waals surface area contributed by atoms with Crippen LogP contribution in [0.1, 0.15) is 5.56 Å². The third kappa shape index (κ3) is 4.84. The highest BCUT2D eigenvalue weighted by atomic mass is 35.5. The number of hydrogen-bond acceptors (Lipinski definition) is 4. The van der Waals surface area contributed by atoms with Crippen molar-refractivity contribution in [3.63, 3.8) is 0 Å². The summed E-state index contributed by atoms with van der Waals surface area (Å²) in [4.78, 5) is 11.7. The molecule has 6 nitrogen and oxygen atoms in total. The number of ether oxygens (including phenoxy) is 1. The Morgan fingerprint density at radius 2 is 1.81 bits per heavy atom. The molecule has 3 rings (SSSR count). The molecule has 1 heterocycles. The molecule has 1 N–H and O–H groups in total. The Labute approximate surface area is 161 Å². The minimum atomic E-state index is -4.00. The van der Waals surface area contributed by atoms with E-state index in [1.807, 2.05) is 0 Å². The van der Waals surface area contributed by atoms with Gasteiger partial charge in [0.15, 0.2) is 0 Å². The van der Waals surface area contributed by atoms with Crippen molar-refractivity contribution in [1.29, 1.82) is 0 Å². The van der Waals surface area contributed by atoms with E-state index in [1.54, 1.807) is 24.3 Å². The van der Waals surface area contributed by atoms with Gasteiger partial charge >= 0.3 is 0 Å². The van der Waals surface area contributed by atoms with Crippen molar-refractivity contribution in [3.05, 3.63) is 58.9 Å². The number of carbonyl (C=O) groups is 1. The van der Waals surface area contributed by atoms with Gasteiger partial charge in [-0.15, -0.1) is 0 Å². The summed E-state index contributed by atoms with van der Waals surface area (Å²) in [5.41, 5.74) is 0.961. The fraction of sp³-hybridized carbons (Fsp3) is 0.278. The van der Waals surface area contributed by atoms with Crippen molar-refractivity contribution in [2.45, 2.75) is 11.3 Å². The lowest BCUT2D eigenvalue weighted by molar-refractivity contribution is -0.115. The van der Waals surface area contributed by atoms with Gasteiger partial charge in [0.2, 0.25) is 15.9 Å². The summed E-state index contributed by atoms with van der Waals surface area (Å²) in [5, 5.41) is 3.17. The van der Waals surface area contributed by atoms with Crippen LogP contribution in [0.4, 0.5) is 10.1 Å². The van der Waals surface area contributed by atoms with Crippen molar-refractivity contribution in [2.75, 3.05) is 31.6 Å². The number of nitrogens with zero attached hydrogens (tertiary/aromatic N) is 1. The van der Waals surface area contributed by atoms with Crippen molar-refractivity contribution in [2.24, 2.45) is 0 Å². The topological polar surface area (TPSA) is 75.7 Å². The number of hydrogen-bond donors (Lipinski definition) is 1. The van der Waals surface area contributed by atoms with E-state index in [2.05, 4.69) is 5.32 Å². The maximum atomic E-state index is 14.2. The van der Waals surface area contributed by atoms with Crippen LogP contribution in [-0.4, -0.2) is 44.9 Å². The molecule has 1 fully saturated rings. The maximum absolute atomic E-state index is 14.2. The van der Waals surface area contributed by atoms with Crippen LogP contribution in [0, 0.1) is 5.82 Å². The van der Waals surface area contributed by atoms with Gasteiger partial charge in [-0.2, -0.15) is 4.31 Å². The molecule has 0 saturated carbocycles. The van der Waals surface area contributed by atoms with Crippen LogP contribution in [0.25, 0.3) is 0 Å². The number of amides is 1. The molecule has 1 aliphatic rings. The zero-order valence-electron chi connectivity index (χ0n) is 14.3. The Bertz CT molecular complexity index is 929. The standard InChI is InChI=1S/C18H18ClFN2O4S/c19-14-3-1-13(2-4-14)11-18(23)21-15-5-6-16(20)17(12-15)27(24,25)22-7-9-26-10-8-22/h1-6,12H,7-11H2,(H,21,23). The molecular formula is C18H18ClFN2O4S. The molecule has 1 amide bonds. The zero-order chi connectivity index (χ0) is 19.4. The van der Waals surface area contributed by atoms with Crippen molar-refractivity contribution in [3.8, 4) is 0 Å². The molecule has 1 aliphatic heterocycles. The molecule has 0 bridgehead atoms. The van der Waals surface area contributed by atoms with Gasteiger partial charge in [-0.3, -0.25) is 4.79 Å². The van der Waals surface area contributed by atoms with E-state index in [4.69, 9.17) is 16.3 Å². The van der Waals surface area contributed by atoms with Crippen LogP contribution in [0.5, 0.6) is 0 Å². The minimum absolute atomic E-state index is 0.0834. The number of benzene rings is 2. The lowest BCUT2D eigenvalue weighted by Gasteiger charge is -2.26. The number of morpholine rings is 1. The summed E-state index contributed by atoms with van der Waals surface area (Å²) >= 11 is 5.81. The second kappa shape index (κ2) is 8.35. The molecule has 2 aromatic carbocycles. The molecule has 0 spiro atoms. The largest absolute Gasteiger partial charge is 0.379 e. The lowest BCUT2D eigenvalue weighted by Crippen LogP contribution is -2.40. The molecule has 0 unspecified atom stereocenters. The summed E-state index contributed by atoms with van der Waals surface area (Å²) in [5.74, 6) is -1.21. The van der Waals surface area contributed by atoms with Crippen molar-refractivity contribution >= 4 is 33.2 Å². The highest BCUT2D eigenvalue weighted by molar-refractivity contribution is 7.89. The van der Waals surface area contributed by atoms with Crippen LogP contribution >= 0.6 is 11.6 Å². The second-order valence-corrected chi connectivity index (χ2v) is 8.36. The molecule has 0 atom stereocenters. The van der Waals surface area contributed by atoms with Crippen LogP contribution in [0.3, 0.4) is 0 Å². The van der Waals surface area contributed by atoms with E-state index in [0.717, 1.165) is 17.7 Å². The van der Waals surface area contributed by atoms with Gasteiger partial charge in [0.25, 0.3) is 0 Å². The summed E-state index contributed by atoms with van der Waals surface area (Å²) in [6.45, 7) is 0.848. The van der Waals surface area contributed by atoms with E-state index in [-0.39, 0.29) is 44.3 Å². The smallest absolute Gasteiger partial charge is 0.246 e. The molecule has 1 saturated heterocycles. The molecular weight excluding hydrogens is 395 g/mol. The summed E-state index contributed by atoms with van der Waals surface area (Å²) in [6, 6.07) is 10.3. The monoisotopic (exact) mass is 412 g/mol. The first-order chi connectivity index (χ1) is 12.9. The zero-order valence-corrected chi connectivity index (χ0v) is 15.9. The van der Waals surface area contributed by atoms with Crippen LogP contribution in [0.15, 0.2) is 47.4 Å². The van der Waals surface area contributed by atoms with E-state index in [1.165, 1.54) is 10.4 Å². The molecule has 27 heavy (non-hydrogen) atoms. The third-order valence-electron chi connectivity index (χ3n) is 4.08. The van der Waals surface area contributed by atoms with Crippen molar-refractivity contribution < 1.29 is 22.3 Å². The Morgan fingerprint density at radius 1 is 1.15 bits per heavy atom. The van der Waals surface area contributed by atoms with E-state index >= 15 is 0 Å². The van der Waals surface area contributed by atoms with Gasteiger partial charge in [-0.1, -0.05) is 23.7 Å². The van der Waals surface area contributed by atoms with Gasteiger partial charge in [0.05, 0.1) is 19.6 Å². The van der Waals surface area contributed by atoms with E-state index in [9.17, 15) is 17.6 Å². The van der Waals surface area contributed by atoms with Crippen LogP contribution in [-0.2, 0) is 26.0 Å². The van der Waals surface area contributed by atoms with E-state index in [0.29, 0.717) is 5.02 Å². The highest BCUT2D eigenvalue weighted by Gasteiger charge is 2.29. The third-order valence-corrected chi connectivity index (χ3v) is 6.25. The minimum Gasteiger partial charge on any atom is -0.379 e. The number of carbonyl (C=O) groups excluding carboxylic acids is 1. The first kappa shape index (κ1) is 19.8. The van der Waals surface area contributed by atoms with Gasteiger partial charge in [0.1, 0.15) is 10.7 Å². The van der Waals surface area contributed by atoms with Gasteiger partial charge in [-0.05, 0) is 35.9 Å². The molecule has 9 heteroatoms. The first-order valence-corrected chi connectivity index (χ1v) is 10.1. The lowest BCUT2D eigenvalue weighted by atomic mass is 10.1. The van der Waals surface area contributed by atoms with Crippen LogP contribution in [0.2, 0.25) is 5.02 Å². The number of halogens is 2. The molecule has 2 aromatic rings. The second-order valence-electron chi connectivity index (χ2n) is 6.01. The first-order valence-electron chi connectivity index (χ1n) is 8.28. The fourth-order valence-electron chi connectivity index (χ4n) is 2.70. The molecule has 0 aliphatic carbocycles. The Kier molecular flexibility index (Phi) is 6.11. The summed E-state index contributed by atoms with van der Waals surface area (Å²) in [7, 11) is -4.00. The number of anilines is 1. The van der Waals surface area contributed by atoms with Gasteiger partial charge < -0.3 is 10.1 Å². The average Bonchev–Trinajstić information content (AvgIpc) is 2.66. The summed E-state index contributed by atoms with van der Waals surface area (Å²) in [6.07, 6.45) is 0.0834. The Hall–Kier alpha value is -2.00. The Morgan fingerprint density at radius 3 is 2.48 bits per heavy atom. The fourth-order valence-corrected chi connectivity index (χ4v) is 4.32. The van der Waals surface area contributed by atoms with Crippen molar-refractivity contribution in [1.82, 2.24) is 4.31 Å². The van der Waals surface area contributed by atoms with Gasteiger partial charge in [-0.25, -0.2) is 12.8 Å². The number of rotatable bonds is 5. The van der Waals surface area contributed by atoms with Gasteiger partial charge in [0, 0.05) is 23.8 Å². The molecule has 144 valence electrons. The van der Waals surface area contributed by atoms with E-state index < -0.39 is 20.7 Å². The Balaban J connectivity index is 1.76. The SMILES string of the molecule is O=C(Cc1ccc(Cl)cc1)Nc1ccc(F)c(S(=O)(=O)N2CCOCC2)c1. The maximum Gasteiger partial charge on any atom is 0.246 e. The predicted molar refractivity (Wildman–Crippen MR) is 99.8 cm³/mol. The quantitative estimate of drug-likeness (QED) is 0.819. The molecule has 0 aromatic heterocycles. The predicted octanol–water partition coefficient (Wildman–Crippen LogP) is 2.68. The molecule has 0 radical (unpaired) electrons.